The zero-order valence-corrected chi connectivity index (χ0v) is 21.9. The van der Waals surface area contributed by atoms with Gasteiger partial charge < -0.3 is 19.0 Å². The molecule has 190 valence electrons. The minimum atomic E-state index is -1.00. The van der Waals surface area contributed by atoms with Crippen molar-refractivity contribution in [3.8, 4) is 0 Å². The average Bonchev–Trinajstić information content (AvgIpc) is 3.36. The van der Waals surface area contributed by atoms with E-state index in [4.69, 9.17) is 6.11 Å². The van der Waals surface area contributed by atoms with E-state index in [-0.39, 0.29) is 18.1 Å². The van der Waals surface area contributed by atoms with Gasteiger partial charge in [-0.15, -0.1) is 0 Å². The Morgan fingerprint density at radius 2 is 1.37 bits per heavy atom. The van der Waals surface area contributed by atoms with E-state index in [0.717, 1.165) is 16.6 Å². The maximum atomic E-state index is 12.1. The van der Waals surface area contributed by atoms with Crippen LogP contribution in [0.3, 0.4) is 0 Å². The Hall–Kier alpha value is -3.12. The molecule has 2 aromatic heterocycles. The van der Waals surface area contributed by atoms with Gasteiger partial charge in [-0.2, -0.15) is 0 Å². The molecule has 4 aromatic rings. The van der Waals surface area contributed by atoms with Crippen LogP contribution in [0.1, 0.15) is 47.4 Å². The Labute approximate surface area is 209 Å². The van der Waals surface area contributed by atoms with Crippen molar-refractivity contribution >= 4 is 27.8 Å². The van der Waals surface area contributed by atoms with Crippen LogP contribution in [-0.4, -0.2) is 40.6 Å². The predicted octanol–water partition coefficient (Wildman–Crippen LogP) is 6.51. The van der Waals surface area contributed by atoms with Crippen LogP contribution in [0, 0.1) is 13.8 Å². The third-order valence-electron chi connectivity index (χ3n) is 6.12. The van der Waals surface area contributed by atoms with E-state index in [1.807, 2.05) is 76.4 Å². The number of nitrogens with zero attached hydrogens (tertiary/aromatic N) is 2. The lowest BCUT2D eigenvalue weighted by Gasteiger charge is -2.27. The maximum Gasteiger partial charge on any atom is 0.331 e. The number of hydrogen-bond donors (Lipinski definition) is 1. The molecule has 5 nitrogen and oxygen atoms in total. The van der Waals surface area contributed by atoms with Gasteiger partial charge in [0.2, 0.25) is 0 Å². The molecular weight excluding hydrogens is 443 g/mol. The molecule has 0 spiro atoms. The van der Waals surface area contributed by atoms with Crippen molar-refractivity contribution in [3.05, 3.63) is 72.1 Å². The Morgan fingerprint density at radius 3 is 1.83 bits per heavy atom. The van der Waals surface area contributed by atoms with Crippen molar-refractivity contribution in [1.29, 1.82) is 0 Å². The topological polar surface area (TPSA) is 56.4 Å². The van der Waals surface area contributed by atoms with Gasteiger partial charge in [-0.3, -0.25) is 4.39 Å². The molecule has 0 atom stereocenters. The third-order valence-corrected chi connectivity index (χ3v) is 6.12. The number of ether oxygens (including phenoxy) is 1. The van der Waals surface area contributed by atoms with Crippen molar-refractivity contribution in [2.45, 2.75) is 59.5 Å². The first-order valence-electron chi connectivity index (χ1n) is 12.4. The van der Waals surface area contributed by atoms with Gasteiger partial charge in [-0.1, -0.05) is 36.4 Å². The lowest BCUT2D eigenvalue weighted by atomic mass is 10.0. The second-order valence-corrected chi connectivity index (χ2v) is 9.61. The van der Waals surface area contributed by atoms with Crippen LogP contribution < -0.4 is 0 Å². The van der Waals surface area contributed by atoms with Crippen LogP contribution >= 0.6 is 0 Å². The molecule has 0 fully saturated rings. The Kier molecular flexibility index (Phi) is 8.73. The van der Waals surface area contributed by atoms with Crippen LogP contribution in [0.15, 0.2) is 60.7 Å². The van der Waals surface area contributed by atoms with E-state index in [9.17, 15) is 14.3 Å². The third kappa shape index (κ3) is 5.76. The van der Waals surface area contributed by atoms with Crippen LogP contribution in [0.5, 0.6) is 0 Å². The van der Waals surface area contributed by atoms with Gasteiger partial charge in [0.05, 0.1) is 27.3 Å². The number of hydrogen-bond acceptors (Lipinski definition) is 3. The summed E-state index contributed by atoms with van der Waals surface area (Å²) in [7, 11) is -1.00. The summed E-state index contributed by atoms with van der Waals surface area (Å²) >= 11 is 0. The van der Waals surface area contributed by atoms with Crippen LogP contribution in [0.25, 0.3) is 21.8 Å². The molecule has 35 heavy (non-hydrogen) atoms. The van der Waals surface area contributed by atoms with Crippen molar-refractivity contribution in [2.75, 3.05) is 20.4 Å². The number of aromatic nitrogens is 2. The average molecular weight is 484 g/mol. The first kappa shape index (κ1) is 26.5. The largest absolute Gasteiger partial charge is 0.464 e. The molecule has 0 unspecified atom stereocenters. The summed E-state index contributed by atoms with van der Waals surface area (Å²) in [6.45, 7) is 14.4. The molecule has 0 saturated heterocycles. The van der Waals surface area contributed by atoms with Crippen molar-refractivity contribution in [1.82, 2.24) is 9.13 Å². The molecule has 0 amide bonds. The number of carbonyl (C=O) groups excluding carboxylic acids is 1. The van der Waals surface area contributed by atoms with Crippen molar-refractivity contribution in [3.63, 3.8) is 0 Å². The van der Waals surface area contributed by atoms with E-state index in [0.29, 0.717) is 6.61 Å². The summed E-state index contributed by atoms with van der Waals surface area (Å²) in [6, 6.07) is 20.6. The number of esters is 1. The number of aliphatic hydroxyl groups excluding tert-OH is 1. The zero-order valence-electron chi connectivity index (χ0n) is 22.9. The Balaban J connectivity index is 0.000000232. The van der Waals surface area contributed by atoms with Gasteiger partial charge in [0.1, 0.15) is 5.54 Å². The molecule has 0 saturated carbocycles. The quantitative estimate of drug-likeness (QED) is 0.329. The SMILES string of the molecule is CCOC(=O)C(C)(C)n1c(C)cc2ccccc21.Cc1cc2ccccc2n1C(C)(C)CO.[2H]CF. The van der Waals surface area contributed by atoms with E-state index in [2.05, 4.69) is 41.8 Å². The van der Waals surface area contributed by atoms with Gasteiger partial charge in [-0.05, 0) is 83.5 Å². The maximum absolute atomic E-state index is 12.1. The summed E-state index contributed by atoms with van der Waals surface area (Å²) in [5.74, 6) is -0.200. The molecule has 6 heteroatoms. The highest BCUT2D eigenvalue weighted by Gasteiger charge is 2.33. The minimum Gasteiger partial charge on any atom is -0.464 e. The molecule has 0 bridgehead atoms. The Bertz CT molecular complexity index is 1290. The zero-order chi connectivity index (χ0) is 27.1. The summed E-state index contributed by atoms with van der Waals surface area (Å²) < 4.78 is 24.9. The second kappa shape index (κ2) is 11.5. The normalized spacial score (nSPS) is 11.9. The first-order valence-corrected chi connectivity index (χ1v) is 11.7. The summed E-state index contributed by atoms with van der Waals surface area (Å²) in [4.78, 5) is 12.1. The number of benzene rings is 2. The smallest absolute Gasteiger partial charge is 0.331 e. The van der Waals surface area contributed by atoms with Crippen LogP contribution in [0.4, 0.5) is 4.39 Å². The van der Waals surface area contributed by atoms with E-state index in [1.54, 1.807) is 0 Å². The monoisotopic (exact) mass is 483 g/mol. The number of halogens is 1. The molecule has 4 rings (SSSR count). The van der Waals surface area contributed by atoms with Gasteiger partial charge in [0.25, 0.3) is 0 Å². The molecule has 1 N–H and O–H groups in total. The fourth-order valence-corrected chi connectivity index (χ4v) is 4.60. The number of rotatable bonds is 5. The highest BCUT2D eigenvalue weighted by molar-refractivity contribution is 5.86. The number of alkyl halides is 1. The van der Waals surface area contributed by atoms with Crippen LogP contribution in [0.2, 0.25) is 0 Å². The fraction of sp³-hybridized carbons (Fsp3) is 0.414. The fourth-order valence-electron chi connectivity index (χ4n) is 4.60. The highest BCUT2D eigenvalue weighted by Crippen LogP contribution is 2.29. The minimum absolute atomic E-state index is 0.145. The van der Waals surface area contributed by atoms with Crippen LogP contribution in [-0.2, 0) is 20.6 Å². The summed E-state index contributed by atoms with van der Waals surface area (Å²) in [6.07, 6.45) is 0. The number of para-hydroxylation sites is 2. The van der Waals surface area contributed by atoms with E-state index >= 15 is 0 Å². The van der Waals surface area contributed by atoms with Crippen molar-refractivity contribution < 1.29 is 20.4 Å². The molecule has 0 aliphatic rings. The number of carbonyl (C=O) groups is 1. The van der Waals surface area contributed by atoms with E-state index in [1.165, 1.54) is 16.6 Å². The number of aliphatic hydroxyl groups is 1. The van der Waals surface area contributed by atoms with E-state index < -0.39 is 12.7 Å². The summed E-state index contributed by atoms with van der Waals surface area (Å²) in [5, 5.41) is 11.8. The number of aryl methyl sites for hydroxylation is 2. The second-order valence-electron chi connectivity index (χ2n) is 9.61. The molecule has 0 aliphatic carbocycles. The van der Waals surface area contributed by atoms with Gasteiger partial charge in [0.15, 0.2) is 0 Å². The molecule has 2 aromatic carbocycles. The van der Waals surface area contributed by atoms with Crippen molar-refractivity contribution in [2.24, 2.45) is 0 Å². The molecule has 0 radical (unpaired) electrons. The lowest BCUT2D eigenvalue weighted by molar-refractivity contribution is -0.152. The molecule has 2 heterocycles. The van der Waals surface area contributed by atoms with Gasteiger partial charge in [-0.25, -0.2) is 4.79 Å². The van der Waals surface area contributed by atoms with Gasteiger partial charge >= 0.3 is 5.97 Å². The first-order chi connectivity index (χ1) is 17.0. The number of fused-ring (bicyclic) bond motifs is 2. The van der Waals surface area contributed by atoms with Gasteiger partial charge in [0, 0.05) is 22.4 Å². The predicted molar refractivity (Wildman–Crippen MR) is 143 cm³/mol. The Morgan fingerprint density at radius 1 is 0.943 bits per heavy atom. The highest BCUT2D eigenvalue weighted by atomic mass is 19.1. The standard InChI is InChI=1S/C15H19NO2.C13H17NO.CH3F/c1-5-18-14(17)15(3,4)16-11(2)10-12-8-6-7-9-13(12)16;1-10-8-11-6-4-5-7-12(11)14(10)13(2,3)9-15;1-2/h6-10H,5H2,1-4H3;4-8,15H,9H2,1-3H3;1H3/i;;1D. The lowest BCUT2D eigenvalue weighted by Crippen LogP contribution is -2.38. The molecule has 0 aliphatic heterocycles. The molecular formula is C29H39FN2O3. The summed E-state index contributed by atoms with van der Waals surface area (Å²) in [5.41, 5.74) is 3.57.